The maximum Gasteiger partial charge on any atom is 0.292 e. The van der Waals surface area contributed by atoms with Gasteiger partial charge >= 0.3 is 0 Å². The Hall–Kier alpha value is -3.02. The van der Waals surface area contributed by atoms with Crippen LogP contribution in [0, 0.1) is 5.82 Å². The Balaban J connectivity index is 2.00. The highest BCUT2D eigenvalue weighted by Crippen LogP contribution is 2.26. The number of aromatic amines is 2. The van der Waals surface area contributed by atoms with Crippen molar-refractivity contribution in [3.05, 3.63) is 70.8 Å². The fraction of sp³-hybridized carbons (Fsp3) is 0. The van der Waals surface area contributed by atoms with Crippen LogP contribution in [0.5, 0.6) is 0 Å². The Morgan fingerprint density at radius 1 is 0.905 bits per heavy atom. The molecule has 2 aromatic carbocycles. The van der Waals surface area contributed by atoms with Gasteiger partial charge in [0.25, 0.3) is 5.56 Å². The van der Waals surface area contributed by atoms with Gasteiger partial charge in [0.15, 0.2) is 5.69 Å². The lowest BCUT2D eigenvalue weighted by atomic mass is 10.1. The van der Waals surface area contributed by atoms with Crippen LogP contribution in [-0.2, 0) is 0 Å². The van der Waals surface area contributed by atoms with Crippen LogP contribution in [0.3, 0.4) is 0 Å². The van der Waals surface area contributed by atoms with Crippen molar-refractivity contribution < 1.29 is 4.39 Å². The lowest BCUT2D eigenvalue weighted by Gasteiger charge is -1.97. The summed E-state index contributed by atoms with van der Waals surface area (Å²) in [6, 6.07) is 15.0. The first-order chi connectivity index (χ1) is 10.2. The van der Waals surface area contributed by atoms with E-state index in [4.69, 9.17) is 0 Å². The van der Waals surface area contributed by atoms with E-state index >= 15 is 0 Å². The van der Waals surface area contributed by atoms with Gasteiger partial charge in [0.2, 0.25) is 0 Å². The van der Waals surface area contributed by atoms with E-state index < -0.39 is 5.82 Å². The molecular weight excluding hydrogens is 271 g/mol. The molecule has 0 radical (unpaired) electrons. The lowest BCUT2D eigenvalue weighted by molar-refractivity contribution is 0.628. The molecule has 0 spiro atoms. The highest BCUT2D eigenvalue weighted by molar-refractivity contribution is 5.70. The number of nitrogens with one attached hydrogen (secondary N) is 2. The van der Waals surface area contributed by atoms with Crippen LogP contribution in [0.25, 0.3) is 11.3 Å². The average molecular weight is 282 g/mol. The Morgan fingerprint density at radius 2 is 1.71 bits per heavy atom. The number of hydrogen-bond donors (Lipinski definition) is 2. The van der Waals surface area contributed by atoms with Crippen molar-refractivity contribution in [3.8, 4) is 11.3 Å². The van der Waals surface area contributed by atoms with Crippen LogP contribution in [0.2, 0.25) is 0 Å². The highest BCUT2D eigenvalue weighted by atomic mass is 19.1. The van der Waals surface area contributed by atoms with Gasteiger partial charge in [0.05, 0.1) is 11.4 Å². The van der Waals surface area contributed by atoms with Gasteiger partial charge in [-0.2, -0.15) is 5.11 Å². The van der Waals surface area contributed by atoms with Gasteiger partial charge in [-0.3, -0.25) is 15.0 Å². The van der Waals surface area contributed by atoms with Crippen molar-refractivity contribution in [2.75, 3.05) is 0 Å². The number of aromatic nitrogens is 2. The van der Waals surface area contributed by atoms with Gasteiger partial charge in [-0.15, -0.1) is 5.11 Å². The molecule has 5 nitrogen and oxygen atoms in total. The molecule has 0 aliphatic rings. The largest absolute Gasteiger partial charge is 0.295 e. The van der Waals surface area contributed by atoms with Crippen molar-refractivity contribution in [2.24, 2.45) is 10.2 Å². The molecule has 1 heterocycles. The predicted octanol–water partition coefficient (Wildman–Crippen LogP) is 3.92. The van der Waals surface area contributed by atoms with Crippen LogP contribution >= 0.6 is 0 Å². The number of halogens is 1. The third kappa shape index (κ3) is 2.79. The van der Waals surface area contributed by atoms with E-state index in [1.54, 1.807) is 6.07 Å². The second-order valence-electron chi connectivity index (χ2n) is 4.35. The normalized spacial score (nSPS) is 11.1. The summed E-state index contributed by atoms with van der Waals surface area (Å²) >= 11 is 0. The first kappa shape index (κ1) is 13.0. The Kier molecular flexibility index (Phi) is 3.42. The molecule has 21 heavy (non-hydrogen) atoms. The minimum absolute atomic E-state index is 0.158. The lowest BCUT2D eigenvalue weighted by Crippen LogP contribution is -1.96. The van der Waals surface area contributed by atoms with Crippen LogP contribution in [0.1, 0.15) is 0 Å². The molecule has 3 aromatic rings. The fourth-order valence-electron chi connectivity index (χ4n) is 1.91. The number of azo groups is 1. The molecule has 0 aliphatic carbocycles. The molecule has 3 rings (SSSR count). The minimum atomic E-state index is -0.405. The molecule has 0 bridgehead atoms. The van der Waals surface area contributed by atoms with Crippen LogP contribution in [0.15, 0.2) is 69.6 Å². The van der Waals surface area contributed by atoms with E-state index in [1.807, 2.05) is 30.3 Å². The fourth-order valence-corrected chi connectivity index (χ4v) is 1.91. The zero-order chi connectivity index (χ0) is 14.7. The zero-order valence-electron chi connectivity index (χ0n) is 10.9. The van der Waals surface area contributed by atoms with Gasteiger partial charge in [-0.05, 0) is 12.1 Å². The Morgan fingerprint density at radius 3 is 2.48 bits per heavy atom. The second-order valence-corrected chi connectivity index (χ2v) is 4.35. The molecule has 0 fully saturated rings. The van der Waals surface area contributed by atoms with E-state index in [-0.39, 0.29) is 11.2 Å². The number of benzene rings is 2. The molecule has 0 unspecified atom stereocenters. The van der Waals surface area contributed by atoms with Crippen molar-refractivity contribution >= 4 is 11.4 Å². The Labute approximate surface area is 119 Å². The molecular formula is C15H11FN4O. The summed E-state index contributed by atoms with van der Waals surface area (Å²) in [6.45, 7) is 0. The average Bonchev–Trinajstić information content (AvgIpc) is 2.87. The standard InChI is InChI=1S/C15H11FN4O/c16-11-7-4-8-12(9-11)17-19-14-13(18-20-15(14)21)10-5-2-1-3-6-10/h1-9H,(H2,18,20,21). The second kappa shape index (κ2) is 5.54. The molecule has 104 valence electrons. The van der Waals surface area contributed by atoms with Gasteiger partial charge in [0.1, 0.15) is 5.82 Å². The Bertz CT molecular complexity index is 836. The number of H-pyrrole nitrogens is 2. The van der Waals surface area contributed by atoms with E-state index in [9.17, 15) is 9.18 Å². The maximum absolute atomic E-state index is 13.1. The van der Waals surface area contributed by atoms with Crippen LogP contribution in [0.4, 0.5) is 15.8 Å². The van der Waals surface area contributed by atoms with Gasteiger partial charge in [-0.1, -0.05) is 36.4 Å². The summed E-state index contributed by atoms with van der Waals surface area (Å²) in [6.07, 6.45) is 0. The molecule has 0 saturated carbocycles. The topological polar surface area (TPSA) is 73.4 Å². The molecule has 0 saturated heterocycles. The highest BCUT2D eigenvalue weighted by Gasteiger charge is 2.11. The number of rotatable bonds is 3. The van der Waals surface area contributed by atoms with E-state index in [1.165, 1.54) is 18.2 Å². The summed E-state index contributed by atoms with van der Waals surface area (Å²) in [5.41, 5.74) is 1.47. The van der Waals surface area contributed by atoms with Crippen molar-refractivity contribution in [3.63, 3.8) is 0 Å². The van der Waals surface area contributed by atoms with Crippen molar-refractivity contribution in [1.82, 2.24) is 10.2 Å². The summed E-state index contributed by atoms with van der Waals surface area (Å²) in [7, 11) is 0. The smallest absolute Gasteiger partial charge is 0.292 e. The van der Waals surface area contributed by atoms with Crippen molar-refractivity contribution in [2.45, 2.75) is 0 Å². The first-order valence-electron chi connectivity index (χ1n) is 6.27. The predicted molar refractivity (Wildman–Crippen MR) is 77.4 cm³/mol. The van der Waals surface area contributed by atoms with Crippen molar-refractivity contribution in [1.29, 1.82) is 0 Å². The molecule has 2 N–H and O–H groups in total. The molecule has 1 aromatic heterocycles. The SMILES string of the molecule is O=c1[nH][nH]c(-c2ccccc2)c1N=Nc1cccc(F)c1. The molecule has 0 amide bonds. The monoisotopic (exact) mass is 282 g/mol. The molecule has 0 atom stereocenters. The third-order valence-electron chi connectivity index (χ3n) is 2.89. The van der Waals surface area contributed by atoms with Gasteiger partial charge < -0.3 is 0 Å². The number of hydrogen-bond acceptors (Lipinski definition) is 3. The van der Waals surface area contributed by atoms with E-state index in [0.29, 0.717) is 11.4 Å². The summed E-state index contributed by atoms with van der Waals surface area (Å²) in [5, 5.41) is 13.1. The summed E-state index contributed by atoms with van der Waals surface area (Å²) in [5.74, 6) is -0.405. The third-order valence-corrected chi connectivity index (χ3v) is 2.89. The van der Waals surface area contributed by atoms with Gasteiger partial charge in [-0.25, -0.2) is 4.39 Å². The van der Waals surface area contributed by atoms with E-state index in [0.717, 1.165) is 5.56 Å². The first-order valence-corrected chi connectivity index (χ1v) is 6.27. The maximum atomic E-state index is 13.1. The van der Waals surface area contributed by atoms with Crippen LogP contribution in [-0.4, -0.2) is 10.2 Å². The quantitative estimate of drug-likeness (QED) is 0.702. The summed E-state index contributed by atoms with van der Waals surface area (Å²) in [4.78, 5) is 11.8. The van der Waals surface area contributed by atoms with E-state index in [2.05, 4.69) is 20.4 Å². The summed E-state index contributed by atoms with van der Waals surface area (Å²) < 4.78 is 13.1. The van der Waals surface area contributed by atoms with Crippen LogP contribution < -0.4 is 5.56 Å². The zero-order valence-corrected chi connectivity index (χ0v) is 10.9. The van der Waals surface area contributed by atoms with Gasteiger partial charge in [0, 0.05) is 11.6 Å². The minimum Gasteiger partial charge on any atom is -0.295 e. The number of nitrogens with zero attached hydrogens (tertiary/aromatic N) is 2. The molecule has 0 aliphatic heterocycles. The molecule has 6 heteroatoms.